The molecule has 0 bridgehead atoms. The second-order valence-corrected chi connectivity index (χ2v) is 5.84. The first-order valence-electron chi connectivity index (χ1n) is 6.23. The molecule has 0 spiro atoms. The number of rotatable bonds is 2. The molecule has 0 amide bonds. The molecule has 0 fully saturated rings. The molecule has 0 atom stereocenters. The fourth-order valence-electron chi connectivity index (χ4n) is 2.17. The average Bonchev–Trinajstić information content (AvgIpc) is 3.19. The van der Waals surface area contributed by atoms with E-state index in [0.717, 1.165) is 21.5 Å². The zero-order valence-corrected chi connectivity index (χ0v) is 12.2. The van der Waals surface area contributed by atoms with Crippen molar-refractivity contribution in [1.82, 2.24) is 15.4 Å². The molecular formula is C15H8ClN3OS. The van der Waals surface area contributed by atoms with Crippen LogP contribution in [0.1, 0.15) is 0 Å². The molecule has 3 aromatic heterocycles. The molecule has 4 rings (SSSR count). The topological polar surface area (TPSA) is 51.8 Å². The fourth-order valence-corrected chi connectivity index (χ4v) is 3.02. The maximum atomic E-state index is 5.92. The molecule has 4 nitrogen and oxygen atoms in total. The smallest absolute Gasteiger partial charge is 0.144 e. The Labute approximate surface area is 129 Å². The van der Waals surface area contributed by atoms with Crippen LogP contribution in [0.5, 0.6) is 0 Å². The van der Waals surface area contributed by atoms with Crippen molar-refractivity contribution in [2.75, 3.05) is 0 Å². The molecule has 102 valence electrons. The Morgan fingerprint density at radius 3 is 2.57 bits per heavy atom. The number of nitrogens with zero attached hydrogens (tertiary/aromatic N) is 3. The summed E-state index contributed by atoms with van der Waals surface area (Å²) in [7, 11) is 0. The summed E-state index contributed by atoms with van der Waals surface area (Å²) < 4.78 is 5.14. The summed E-state index contributed by atoms with van der Waals surface area (Å²) in [6.07, 6.45) is 1.61. The van der Waals surface area contributed by atoms with E-state index in [1.54, 1.807) is 17.6 Å². The summed E-state index contributed by atoms with van der Waals surface area (Å²) in [5.41, 5.74) is 3.09. The van der Waals surface area contributed by atoms with Gasteiger partial charge in [0, 0.05) is 10.6 Å². The first-order chi connectivity index (χ1) is 10.3. The summed E-state index contributed by atoms with van der Waals surface area (Å²) in [5, 5.41) is 16.3. The van der Waals surface area contributed by atoms with Crippen LogP contribution in [0.25, 0.3) is 32.7 Å². The number of hydrogen-bond donors (Lipinski definition) is 0. The largest absolute Gasteiger partial charge is 0.363 e. The van der Waals surface area contributed by atoms with Gasteiger partial charge in [-0.1, -0.05) is 35.0 Å². The molecule has 1 aromatic carbocycles. The molecule has 0 aliphatic carbocycles. The SMILES string of the molecule is Clc1ccc(-c2nnc(-c3cccs3)c3conc23)cc1. The number of thiophene rings is 1. The van der Waals surface area contributed by atoms with Crippen LogP contribution in [-0.2, 0) is 0 Å². The Bertz CT molecular complexity index is 900. The Balaban J connectivity index is 1.95. The Morgan fingerprint density at radius 1 is 1.00 bits per heavy atom. The molecule has 21 heavy (non-hydrogen) atoms. The normalized spacial score (nSPS) is 11.1. The Hall–Kier alpha value is -2.24. The van der Waals surface area contributed by atoms with Gasteiger partial charge < -0.3 is 4.52 Å². The molecule has 3 heterocycles. The van der Waals surface area contributed by atoms with Gasteiger partial charge in [0.15, 0.2) is 0 Å². The molecule has 0 aliphatic heterocycles. The fraction of sp³-hybridized carbons (Fsp3) is 0. The number of benzene rings is 1. The number of aromatic nitrogens is 3. The van der Waals surface area contributed by atoms with Gasteiger partial charge in [-0.3, -0.25) is 0 Å². The molecule has 0 aliphatic rings. The van der Waals surface area contributed by atoms with E-state index in [9.17, 15) is 0 Å². The van der Waals surface area contributed by atoms with Crippen LogP contribution in [0.2, 0.25) is 5.02 Å². The van der Waals surface area contributed by atoms with Crippen molar-refractivity contribution in [2.24, 2.45) is 0 Å². The van der Waals surface area contributed by atoms with Gasteiger partial charge in [0.05, 0.1) is 10.3 Å². The van der Waals surface area contributed by atoms with Gasteiger partial charge in [0.2, 0.25) is 0 Å². The first-order valence-corrected chi connectivity index (χ1v) is 7.49. The van der Waals surface area contributed by atoms with E-state index < -0.39 is 0 Å². The molecule has 4 aromatic rings. The molecular weight excluding hydrogens is 306 g/mol. The van der Waals surface area contributed by atoms with Gasteiger partial charge in [-0.25, -0.2) is 0 Å². The van der Waals surface area contributed by atoms with Crippen LogP contribution in [0.4, 0.5) is 0 Å². The van der Waals surface area contributed by atoms with Gasteiger partial charge in [-0.2, -0.15) is 0 Å². The van der Waals surface area contributed by atoms with Crippen molar-refractivity contribution < 1.29 is 4.52 Å². The third-order valence-electron chi connectivity index (χ3n) is 3.17. The second-order valence-electron chi connectivity index (χ2n) is 4.46. The number of fused-ring (bicyclic) bond motifs is 1. The van der Waals surface area contributed by atoms with E-state index in [1.165, 1.54) is 0 Å². The van der Waals surface area contributed by atoms with E-state index in [2.05, 4.69) is 15.4 Å². The maximum Gasteiger partial charge on any atom is 0.144 e. The minimum atomic E-state index is 0.679. The van der Waals surface area contributed by atoms with Crippen molar-refractivity contribution in [3.8, 4) is 21.8 Å². The molecule has 0 saturated carbocycles. The summed E-state index contributed by atoms with van der Waals surface area (Å²) in [6.45, 7) is 0. The van der Waals surface area contributed by atoms with Crippen LogP contribution >= 0.6 is 22.9 Å². The molecule has 0 radical (unpaired) electrons. The average molecular weight is 314 g/mol. The molecule has 0 saturated heterocycles. The Kier molecular flexibility index (Phi) is 2.94. The van der Waals surface area contributed by atoms with Crippen LogP contribution < -0.4 is 0 Å². The first kappa shape index (κ1) is 12.5. The van der Waals surface area contributed by atoms with Crippen LogP contribution in [-0.4, -0.2) is 15.4 Å². The predicted molar refractivity (Wildman–Crippen MR) is 83.4 cm³/mol. The van der Waals surface area contributed by atoms with Crippen LogP contribution in [0.3, 0.4) is 0 Å². The van der Waals surface area contributed by atoms with E-state index in [0.29, 0.717) is 16.2 Å². The monoisotopic (exact) mass is 313 g/mol. The lowest BCUT2D eigenvalue weighted by atomic mass is 10.1. The Morgan fingerprint density at radius 2 is 1.81 bits per heavy atom. The highest BCUT2D eigenvalue weighted by atomic mass is 35.5. The van der Waals surface area contributed by atoms with E-state index in [4.69, 9.17) is 16.1 Å². The van der Waals surface area contributed by atoms with E-state index in [1.807, 2.05) is 41.8 Å². The van der Waals surface area contributed by atoms with Crippen molar-refractivity contribution in [3.63, 3.8) is 0 Å². The lowest BCUT2D eigenvalue weighted by Gasteiger charge is -2.03. The quantitative estimate of drug-likeness (QED) is 0.540. The summed E-state index contributed by atoms with van der Waals surface area (Å²) in [4.78, 5) is 1.04. The van der Waals surface area contributed by atoms with Gasteiger partial charge in [0.25, 0.3) is 0 Å². The van der Waals surface area contributed by atoms with Crippen molar-refractivity contribution >= 4 is 33.8 Å². The standard InChI is InChI=1S/C15H8ClN3OS/c16-10-5-3-9(4-6-10)13-15-11(8-20-19-15)14(18-17-13)12-2-1-7-21-12/h1-8H. The highest BCUT2D eigenvalue weighted by Crippen LogP contribution is 2.33. The zero-order valence-electron chi connectivity index (χ0n) is 10.7. The van der Waals surface area contributed by atoms with Gasteiger partial charge in [0.1, 0.15) is 23.2 Å². The maximum absolute atomic E-state index is 5.92. The minimum absolute atomic E-state index is 0.679. The van der Waals surface area contributed by atoms with Gasteiger partial charge >= 0.3 is 0 Å². The van der Waals surface area contributed by atoms with Gasteiger partial charge in [-0.05, 0) is 23.6 Å². The number of halogens is 1. The third kappa shape index (κ3) is 2.11. The van der Waals surface area contributed by atoms with Crippen molar-refractivity contribution in [3.05, 3.63) is 53.1 Å². The number of hydrogen-bond acceptors (Lipinski definition) is 5. The third-order valence-corrected chi connectivity index (χ3v) is 4.30. The van der Waals surface area contributed by atoms with Crippen LogP contribution in [0.15, 0.2) is 52.6 Å². The predicted octanol–water partition coefficient (Wildman–Crippen LogP) is 4.67. The van der Waals surface area contributed by atoms with Crippen LogP contribution in [0, 0.1) is 0 Å². The van der Waals surface area contributed by atoms with Crippen molar-refractivity contribution in [1.29, 1.82) is 0 Å². The highest BCUT2D eigenvalue weighted by molar-refractivity contribution is 7.13. The second kappa shape index (κ2) is 4.95. The molecule has 0 N–H and O–H groups in total. The van der Waals surface area contributed by atoms with E-state index in [-0.39, 0.29) is 0 Å². The zero-order chi connectivity index (χ0) is 14.2. The van der Waals surface area contributed by atoms with E-state index >= 15 is 0 Å². The van der Waals surface area contributed by atoms with Gasteiger partial charge in [-0.15, -0.1) is 21.5 Å². The summed E-state index contributed by atoms with van der Waals surface area (Å²) in [6, 6.07) is 11.4. The highest BCUT2D eigenvalue weighted by Gasteiger charge is 2.16. The van der Waals surface area contributed by atoms with Crippen molar-refractivity contribution in [2.45, 2.75) is 0 Å². The summed E-state index contributed by atoms with van der Waals surface area (Å²) >= 11 is 7.53. The molecule has 6 heteroatoms. The lowest BCUT2D eigenvalue weighted by molar-refractivity contribution is 0.428. The summed E-state index contributed by atoms with van der Waals surface area (Å²) in [5.74, 6) is 0. The lowest BCUT2D eigenvalue weighted by Crippen LogP contribution is -1.92. The molecule has 0 unspecified atom stereocenters. The minimum Gasteiger partial charge on any atom is -0.363 e.